The van der Waals surface area contributed by atoms with Crippen molar-refractivity contribution in [2.45, 2.75) is 84.0 Å². The maximum absolute atomic E-state index is 13.1. The first kappa shape index (κ1) is 29.0. The van der Waals surface area contributed by atoms with E-state index in [0.717, 1.165) is 45.2 Å². The molecular weight excluding hydrogens is 464 g/mol. The predicted molar refractivity (Wildman–Crippen MR) is 150 cm³/mol. The van der Waals surface area contributed by atoms with Gasteiger partial charge in [-0.05, 0) is 57.7 Å². The van der Waals surface area contributed by atoms with Gasteiger partial charge in [0.1, 0.15) is 22.3 Å². The molecule has 1 aliphatic rings. The van der Waals surface area contributed by atoms with Gasteiger partial charge in [0.05, 0.1) is 6.61 Å². The third-order valence-electron chi connectivity index (χ3n) is 7.14. The van der Waals surface area contributed by atoms with Crippen molar-refractivity contribution in [3.8, 4) is 0 Å². The summed E-state index contributed by atoms with van der Waals surface area (Å²) in [6, 6.07) is 3.51. The van der Waals surface area contributed by atoms with Gasteiger partial charge < -0.3 is 19.0 Å². The second-order valence-electron chi connectivity index (χ2n) is 10.2. The average Bonchev–Trinajstić information content (AvgIpc) is 3.52. The van der Waals surface area contributed by atoms with Crippen molar-refractivity contribution in [2.75, 3.05) is 39.8 Å². The summed E-state index contributed by atoms with van der Waals surface area (Å²) in [7, 11) is 2.05. The fourth-order valence-corrected chi connectivity index (χ4v) is 4.76. The number of furan rings is 2. The fraction of sp³-hybridized carbons (Fsp3) is 0.613. The van der Waals surface area contributed by atoms with Crippen LogP contribution >= 0.6 is 0 Å². The average molecular weight is 511 g/mol. The number of benzene rings is 1. The van der Waals surface area contributed by atoms with Crippen molar-refractivity contribution in [1.82, 2.24) is 9.80 Å². The second-order valence-corrected chi connectivity index (χ2v) is 10.2. The Kier molecular flexibility index (Phi) is 12.7. The number of likely N-dealkylation sites (N-methyl/N-ethyl adjacent to an activating group) is 1. The summed E-state index contributed by atoms with van der Waals surface area (Å²) in [5, 5.41) is 0. The summed E-state index contributed by atoms with van der Waals surface area (Å²) in [6.45, 7) is 5.58. The molecule has 0 unspecified atom stereocenters. The monoisotopic (exact) mass is 510 g/mol. The molecule has 1 saturated heterocycles. The number of carbonyl (C=O) groups excluding carboxylic acids is 2. The molecule has 0 aliphatic carbocycles. The molecule has 0 N–H and O–H groups in total. The van der Waals surface area contributed by atoms with Crippen molar-refractivity contribution in [1.29, 1.82) is 0 Å². The molecule has 204 valence electrons. The summed E-state index contributed by atoms with van der Waals surface area (Å²) in [4.78, 5) is 30.0. The quantitative estimate of drug-likeness (QED) is 0.128. The molecule has 0 radical (unpaired) electrons. The van der Waals surface area contributed by atoms with Crippen LogP contribution in [0.2, 0.25) is 0 Å². The van der Waals surface area contributed by atoms with Gasteiger partial charge in [-0.25, -0.2) is 4.79 Å². The lowest BCUT2D eigenvalue weighted by atomic mass is 10.1. The Labute approximate surface area is 223 Å². The van der Waals surface area contributed by atoms with Crippen LogP contribution in [0.4, 0.5) is 0 Å². The summed E-state index contributed by atoms with van der Waals surface area (Å²) >= 11 is 0. The molecule has 6 nitrogen and oxygen atoms in total. The molecule has 6 heteroatoms. The summed E-state index contributed by atoms with van der Waals surface area (Å²) in [6.07, 6.45) is 23.2. The molecule has 1 fully saturated rings. The number of nitrogens with zero attached hydrogens (tertiary/aromatic N) is 2. The van der Waals surface area contributed by atoms with E-state index in [1.54, 1.807) is 17.0 Å². The van der Waals surface area contributed by atoms with Crippen molar-refractivity contribution < 1.29 is 18.7 Å². The number of rotatable bonds is 17. The number of hydrogen-bond acceptors (Lipinski definition) is 5. The van der Waals surface area contributed by atoms with Gasteiger partial charge in [0.25, 0.3) is 5.91 Å². The molecule has 0 aromatic carbocycles. The van der Waals surface area contributed by atoms with E-state index >= 15 is 0 Å². The van der Waals surface area contributed by atoms with Gasteiger partial charge >= 0.3 is 5.97 Å². The Morgan fingerprint density at radius 2 is 1.41 bits per heavy atom. The molecule has 2 bridgehead atoms. The topological polar surface area (TPSA) is 63.0 Å². The molecule has 3 heterocycles. The molecule has 2 aromatic rings. The van der Waals surface area contributed by atoms with E-state index in [0.29, 0.717) is 42.0 Å². The van der Waals surface area contributed by atoms with E-state index in [4.69, 9.17) is 9.15 Å². The minimum atomic E-state index is -0.450. The van der Waals surface area contributed by atoms with Gasteiger partial charge in [0.2, 0.25) is 0 Å². The zero-order valence-corrected chi connectivity index (χ0v) is 23.0. The minimum Gasteiger partial charge on any atom is -0.462 e. The Hall–Kier alpha value is -2.60. The van der Waals surface area contributed by atoms with E-state index < -0.39 is 5.97 Å². The third kappa shape index (κ3) is 9.33. The molecule has 0 atom stereocenters. The van der Waals surface area contributed by atoms with Gasteiger partial charge in [-0.2, -0.15) is 0 Å². The van der Waals surface area contributed by atoms with Crippen LogP contribution in [-0.4, -0.2) is 61.5 Å². The molecule has 0 spiro atoms. The van der Waals surface area contributed by atoms with Gasteiger partial charge in [0.15, 0.2) is 0 Å². The lowest BCUT2D eigenvalue weighted by Crippen LogP contribution is -2.47. The number of hydrogen-bond donors (Lipinski definition) is 0. The summed E-state index contributed by atoms with van der Waals surface area (Å²) in [5.74, 6) is -0.586. The number of esters is 1. The highest BCUT2D eigenvalue weighted by Gasteiger charge is 2.32. The second kappa shape index (κ2) is 16.3. The summed E-state index contributed by atoms with van der Waals surface area (Å²) < 4.78 is 11.2. The van der Waals surface area contributed by atoms with Crippen LogP contribution in [0.3, 0.4) is 0 Å². The van der Waals surface area contributed by atoms with Gasteiger partial charge in [-0.3, -0.25) is 4.79 Å². The normalized spacial score (nSPS) is 15.0. The lowest BCUT2D eigenvalue weighted by Gasteiger charge is -2.32. The Balaban J connectivity index is 1.26. The molecule has 37 heavy (non-hydrogen) atoms. The van der Waals surface area contributed by atoms with Crippen molar-refractivity contribution in [2.24, 2.45) is 0 Å². The number of ether oxygens (including phenoxy) is 1. The predicted octanol–water partition coefficient (Wildman–Crippen LogP) is 7.23. The highest BCUT2D eigenvalue weighted by atomic mass is 16.5. The maximum Gasteiger partial charge on any atom is 0.342 e. The van der Waals surface area contributed by atoms with Crippen LogP contribution in [0.15, 0.2) is 40.9 Å². The maximum atomic E-state index is 13.1. The highest BCUT2D eigenvalue weighted by molar-refractivity contribution is 6.14. The minimum absolute atomic E-state index is 0.136. The number of fused-ring (bicyclic) bond motifs is 2. The Bertz CT molecular complexity index is 985. The number of piperazine rings is 1. The van der Waals surface area contributed by atoms with Crippen LogP contribution in [0.25, 0.3) is 11.2 Å². The standard InChI is InChI=1S/C31H46N2O4/c1-3-4-5-6-7-8-9-10-11-12-13-14-15-16-17-18-25-36-31(35)29-27-20-19-26(37-27)28(29)30(34)33-23-21-32(2)22-24-33/h7-8,10-11,19-20H,3-6,9,12-18,21-25H2,1-2H3. The van der Waals surface area contributed by atoms with E-state index in [1.165, 1.54) is 44.9 Å². The molecule has 1 aliphatic heterocycles. The zero-order valence-electron chi connectivity index (χ0n) is 23.0. The Morgan fingerprint density at radius 1 is 0.811 bits per heavy atom. The van der Waals surface area contributed by atoms with E-state index in [-0.39, 0.29) is 5.91 Å². The number of allylic oxidation sites excluding steroid dienone is 4. The number of amides is 1. The van der Waals surface area contributed by atoms with E-state index in [1.807, 2.05) is 7.05 Å². The van der Waals surface area contributed by atoms with Crippen molar-refractivity contribution in [3.63, 3.8) is 0 Å². The van der Waals surface area contributed by atoms with Crippen molar-refractivity contribution in [3.05, 3.63) is 47.6 Å². The highest BCUT2D eigenvalue weighted by Crippen LogP contribution is 2.31. The first-order valence-electron chi connectivity index (χ1n) is 14.4. The largest absolute Gasteiger partial charge is 0.462 e. The van der Waals surface area contributed by atoms with E-state index in [9.17, 15) is 9.59 Å². The van der Waals surface area contributed by atoms with Crippen LogP contribution in [0.1, 0.15) is 105 Å². The summed E-state index contributed by atoms with van der Waals surface area (Å²) in [5.41, 5.74) is 1.57. The van der Waals surface area contributed by atoms with Crippen molar-refractivity contribution >= 4 is 23.0 Å². The molecule has 1 amide bonds. The molecule has 2 aromatic heterocycles. The Morgan fingerprint density at radius 3 is 2.08 bits per heavy atom. The third-order valence-corrected chi connectivity index (χ3v) is 7.14. The van der Waals surface area contributed by atoms with Crippen LogP contribution in [0.5, 0.6) is 0 Å². The van der Waals surface area contributed by atoms with Gasteiger partial charge in [-0.1, -0.05) is 69.8 Å². The van der Waals surface area contributed by atoms with Gasteiger partial charge in [-0.15, -0.1) is 0 Å². The van der Waals surface area contributed by atoms with Crippen LogP contribution in [0, 0.1) is 0 Å². The zero-order chi connectivity index (χ0) is 26.3. The fourth-order valence-electron chi connectivity index (χ4n) is 4.76. The van der Waals surface area contributed by atoms with Gasteiger partial charge in [0, 0.05) is 26.2 Å². The van der Waals surface area contributed by atoms with E-state index in [2.05, 4.69) is 36.1 Å². The molecular formula is C31H46N2O4. The first-order valence-corrected chi connectivity index (χ1v) is 14.4. The number of unbranched alkanes of at least 4 members (excludes halogenated alkanes) is 9. The number of carbonyl (C=O) groups is 2. The van der Waals surface area contributed by atoms with Crippen LogP contribution in [-0.2, 0) is 4.74 Å². The smallest absolute Gasteiger partial charge is 0.342 e. The lowest BCUT2D eigenvalue weighted by molar-refractivity contribution is 0.0490. The first-order chi connectivity index (χ1) is 18.1. The van der Waals surface area contributed by atoms with Crippen LogP contribution < -0.4 is 0 Å². The molecule has 0 saturated carbocycles. The molecule has 3 rings (SSSR count). The SMILES string of the molecule is CCCCCC=CCC=CCCCCCCCCOC(=O)c1c(C(=O)N2CCN(C)CC2)c2ccc1o2.